The molecule has 1 N–H and O–H groups in total. The minimum absolute atomic E-state index is 0.0745. The van der Waals surface area contributed by atoms with Crippen molar-refractivity contribution in [2.45, 2.75) is 6.54 Å². The van der Waals surface area contributed by atoms with Gasteiger partial charge in [-0.3, -0.25) is 9.78 Å². The Morgan fingerprint density at radius 3 is 2.81 bits per heavy atom. The summed E-state index contributed by atoms with van der Waals surface area (Å²) >= 11 is 0. The molecule has 0 saturated carbocycles. The Morgan fingerprint density at radius 2 is 2.05 bits per heavy atom. The third-order valence-corrected chi connectivity index (χ3v) is 3.26. The molecule has 0 aliphatic rings. The summed E-state index contributed by atoms with van der Waals surface area (Å²) in [5.74, 6) is 0.732. The van der Waals surface area contributed by atoms with Gasteiger partial charge in [-0.05, 0) is 36.4 Å². The molecule has 21 heavy (non-hydrogen) atoms. The molecule has 1 aromatic carbocycles. The van der Waals surface area contributed by atoms with Crippen molar-refractivity contribution in [2.75, 3.05) is 12.4 Å². The average molecular weight is 281 g/mol. The molecular formula is C16H15N3O2. The molecule has 5 heteroatoms. The van der Waals surface area contributed by atoms with Crippen molar-refractivity contribution in [2.24, 2.45) is 0 Å². The van der Waals surface area contributed by atoms with Gasteiger partial charge in [-0.15, -0.1) is 0 Å². The number of fused-ring (bicyclic) bond motifs is 1. The standard InChI is InChI=1S/C16H15N3O2/c1-21-14-2-3-15-12(10-14)6-9-19(15)11-16(20)18-13-4-7-17-8-5-13/h2-10H,11H2,1H3,(H,17,18,20). The van der Waals surface area contributed by atoms with Gasteiger partial charge in [0.15, 0.2) is 0 Å². The van der Waals surface area contributed by atoms with E-state index in [1.54, 1.807) is 31.6 Å². The van der Waals surface area contributed by atoms with Crippen LogP contribution in [0.5, 0.6) is 5.75 Å². The molecule has 0 aliphatic heterocycles. The predicted molar refractivity (Wildman–Crippen MR) is 81.4 cm³/mol. The summed E-state index contributed by atoms with van der Waals surface area (Å²) in [6, 6.07) is 11.3. The second-order valence-corrected chi connectivity index (χ2v) is 4.65. The van der Waals surface area contributed by atoms with Crippen LogP contribution in [0.2, 0.25) is 0 Å². The van der Waals surface area contributed by atoms with Crippen LogP contribution in [0.4, 0.5) is 5.69 Å². The van der Waals surface area contributed by atoms with Crippen LogP contribution in [-0.2, 0) is 11.3 Å². The smallest absolute Gasteiger partial charge is 0.244 e. The van der Waals surface area contributed by atoms with Gasteiger partial charge in [0.05, 0.1) is 7.11 Å². The number of carbonyl (C=O) groups is 1. The fraction of sp³-hybridized carbons (Fsp3) is 0.125. The van der Waals surface area contributed by atoms with E-state index in [4.69, 9.17) is 4.74 Å². The molecule has 0 saturated heterocycles. The zero-order valence-electron chi connectivity index (χ0n) is 11.6. The van der Waals surface area contributed by atoms with Crippen LogP contribution < -0.4 is 10.1 Å². The molecule has 0 fully saturated rings. The number of anilines is 1. The van der Waals surface area contributed by atoms with Gasteiger partial charge in [-0.1, -0.05) is 0 Å². The number of aromatic nitrogens is 2. The van der Waals surface area contributed by atoms with Crippen molar-refractivity contribution in [3.8, 4) is 5.75 Å². The lowest BCUT2D eigenvalue weighted by atomic mass is 10.2. The van der Waals surface area contributed by atoms with Gasteiger partial charge in [0.2, 0.25) is 5.91 Å². The van der Waals surface area contributed by atoms with E-state index in [-0.39, 0.29) is 12.5 Å². The fourth-order valence-corrected chi connectivity index (χ4v) is 2.23. The molecule has 0 unspecified atom stereocenters. The number of amides is 1. The van der Waals surface area contributed by atoms with Crippen molar-refractivity contribution in [3.63, 3.8) is 0 Å². The van der Waals surface area contributed by atoms with E-state index in [1.807, 2.05) is 35.0 Å². The van der Waals surface area contributed by atoms with Crippen molar-refractivity contribution in [1.29, 1.82) is 0 Å². The van der Waals surface area contributed by atoms with E-state index in [2.05, 4.69) is 10.3 Å². The third kappa shape index (κ3) is 2.86. The second kappa shape index (κ2) is 5.66. The molecule has 2 heterocycles. The molecule has 0 spiro atoms. The van der Waals surface area contributed by atoms with Gasteiger partial charge in [0.1, 0.15) is 12.3 Å². The van der Waals surface area contributed by atoms with Crippen LogP contribution >= 0.6 is 0 Å². The van der Waals surface area contributed by atoms with Gasteiger partial charge < -0.3 is 14.6 Å². The second-order valence-electron chi connectivity index (χ2n) is 4.65. The minimum Gasteiger partial charge on any atom is -0.497 e. The number of ether oxygens (including phenoxy) is 1. The first-order valence-corrected chi connectivity index (χ1v) is 6.59. The quantitative estimate of drug-likeness (QED) is 0.800. The normalized spacial score (nSPS) is 10.5. The Kier molecular flexibility index (Phi) is 3.55. The van der Waals surface area contributed by atoms with Crippen LogP contribution in [-0.4, -0.2) is 22.6 Å². The van der Waals surface area contributed by atoms with Gasteiger partial charge >= 0.3 is 0 Å². The molecule has 0 aliphatic carbocycles. The SMILES string of the molecule is COc1ccc2c(ccn2CC(=O)Nc2ccncc2)c1. The van der Waals surface area contributed by atoms with Crippen LogP contribution in [0.15, 0.2) is 55.0 Å². The molecule has 3 rings (SSSR count). The lowest BCUT2D eigenvalue weighted by Gasteiger charge is -2.07. The minimum atomic E-state index is -0.0745. The van der Waals surface area contributed by atoms with Gasteiger partial charge in [-0.2, -0.15) is 0 Å². The first-order valence-electron chi connectivity index (χ1n) is 6.59. The number of rotatable bonds is 4. The molecule has 0 bridgehead atoms. The molecule has 0 radical (unpaired) electrons. The summed E-state index contributed by atoms with van der Waals surface area (Å²) < 4.78 is 7.11. The number of hydrogen-bond donors (Lipinski definition) is 1. The lowest BCUT2D eigenvalue weighted by molar-refractivity contribution is -0.116. The number of methoxy groups -OCH3 is 1. The largest absolute Gasteiger partial charge is 0.497 e. The predicted octanol–water partition coefficient (Wildman–Crippen LogP) is 2.68. The number of pyridine rings is 1. The van der Waals surface area contributed by atoms with E-state index < -0.39 is 0 Å². The summed E-state index contributed by atoms with van der Waals surface area (Å²) in [7, 11) is 1.64. The van der Waals surface area contributed by atoms with Crippen molar-refractivity contribution in [3.05, 3.63) is 55.0 Å². The maximum absolute atomic E-state index is 12.1. The highest BCUT2D eigenvalue weighted by molar-refractivity contribution is 5.92. The summed E-state index contributed by atoms with van der Waals surface area (Å²) in [5.41, 5.74) is 1.74. The van der Waals surface area contributed by atoms with Gasteiger partial charge in [0, 0.05) is 35.2 Å². The fourth-order valence-electron chi connectivity index (χ4n) is 2.23. The van der Waals surface area contributed by atoms with Crippen LogP contribution in [0.25, 0.3) is 10.9 Å². The average Bonchev–Trinajstić information content (AvgIpc) is 2.90. The Hall–Kier alpha value is -2.82. The zero-order valence-corrected chi connectivity index (χ0v) is 11.6. The highest BCUT2D eigenvalue weighted by atomic mass is 16.5. The van der Waals surface area contributed by atoms with Crippen molar-refractivity contribution >= 4 is 22.5 Å². The lowest BCUT2D eigenvalue weighted by Crippen LogP contribution is -2.18. The highest BCUT2D eigenvalue weighted by Crippen LogP contribution is 2.21. The number of nitrogens with zero attached hydrogens (tertiary/aromatic N) is 2. The molecule has 1 amide bonds. The maximum atomic E-state index is 12.1. The zero-order chi connectivity index (χ0) is 14.7. The molecule has 3 aromatic rings. The number of carbonyl (C=O) groups excluding carboxylic acids is 1. The summed E-state index contributed by atoms with van der Waals surface area (Å²) in [4.78, 5) is 16.0. The van der Waals surface area contributed by atoms with Crippen LogP contribution in [0.1, 0.15) is 0 Å². The first-order chi connectivity index (χ1) is 10.3. The van der Waals surface area contributed by atoms with Crippen molar-refractivity contribution < 1.29 is 9.53 Å². The highest BCUT2D eigenvalue weighted by Gasteiger charge is 2.07. The Morgan fingerprint density at radius 1 is 1.24 bits per heavy atom. The van der Waals surface area contributed by atoms with Crippen LogP contribution in [0.3, 0.4) is 0 Å². The number of benzene rings is 1. The third-order valence-electron chi connectivity index (χ3n) is 3.26. The summed E-state index contributed by atoms with van der Waals surface area (Å²) in [6.45, 7) is 0.262. The Balaban J connectivity index is 1.77. The van der Waals surface area contributed by atoms with Gasteiger partial charge in [-0.25, -0.2) is 0 Å². The molecule has 0 atom stereocenters. The van der Waals surface area contributed by atoms with E-state index in [0.29, 0.717) is 0 Å². The van der Waals surface area contributed by atoms with Gasteiger partial charge in [0.25, 0.3) is 0 Å². The topological polar surface area (TPSA) is 56.1 Å². The Bertz CT molecular complexity index is 766. The first kappa shape index (κ1) is 13.2. The maximum Gasteiger partial charge on any atom is 0.244 e. The Labute approximate surface area is 122 Å². The summed E-state index contributed by atoms with van der Waals surface area (Å²) in [6.07, 6.45) is 5.19. The molecule has 106 valence electrons. The molecule has 5 nitrogen and oxygen atoms in total. The van der Waals surface area contributed by atoms with E-state index in [1.165, 1.54) is 0 Å². The van der Waals surface area contributed by atoms with Crippen LogP contribution in [0, 0.1) is 0 Å². The van der Waals surface area contributed by atoms with E-state index >= 15 is 0 Å². The monoisotopic (exact) mass is 281 g/mol. The van der Waals surface area contributed by atoms with E-state index in [0.717, 1.165) is 22.3 Å². The molecular weight excluding hydrogens is 266 g/mol. The molecule has 2 aromatic heterocycles. The van der Waals surface area contributed by atoms with E-state index in [9.17, 15) is 4.79 Å². The number of hydrogen-bond acceptors (Lipinski definition) is 3. The number of nitrogens with one attached hydrogen (secondary N) is 1. The van der Waals surface area contributed by atoms with Crippen molar-refractivity contribution in [1.82, 2.24) is 9.55 Å². The summed E-state index contributed by atoms with van der Waals surface area (Å²) in [5, 5.41) is 3.89.